The second-order valence-corrected chi connectivity index (χ2v) is 12.7. The van der Waals surface area contributed by atoms with Crippen molar-refractivity contribution in [2.75, 3.05) is 32.6 Å². The largest absolute Gasteiger partial charge is 0.369 e. The van der Waals surface area contributed by atoms with E-state index >= 15 is 0 Å². The molecule has 1 atom stereocenters. The molecule has 2 aromatic rings. The molecule has 0 spiro atoms. The van der Waals surface area contributed by atoms with Crippen molar-refractivity contribution >= 4 is 39.3 Å². The van der Waals surface area contributed by atoms with Crippen molar-refractivity contribution in [3.8, 4) is 0 Å². The van der Waals surface area contributed by atoms with Gasteiger partial charge < -0.3 is 20.7 Å². The molecule has 0 aromatic carbocycles. The minimum Gasteiger partial charge on any atom is -0.369 e. The Balaban J connectivity index is 1.26. The highest BCUT2D eigenvalue weighted by atomic mass is 32.2. The highest BCUT2D eigenvalue weighted by Gasteiger charge is 2.52. The molecule has 1 unspecified atom stereocenters. The lowest BCUT2D eigenvalue weighted by molar-refractivity contribution is -0.138. The topological polar surface area (TPSA) is 190 Å². The molecule has 3 aliphatic carbocycles. The minimum absolute atomic E-state index is 0.0485. The van der Waals surface area contributed by atoms with Crippen molar-refractivity contribution in [1.82, 2.24) is 35.3 Å². The SMILES string of the molecule is CS(=O)(=O)NC(=O)C12CCC(CNC(=O)c3cc(C(=O)NCC4COCC(=O)N4)nc4c(F)cnn34)(CC1)CC2. The lowest BCUT2D eigenvalue weighted by Crippen LogP contribution is -2.53. The molecule has 2 bridgehead atoms. The van der Waals surface area contributed by atoms with Crippen LogP contribution < -0.4 is 20.7 Å². The van der Waals surface area contributed by atoms with Crippen molar-refractivity contribution in [2.24, 2.45) is 10.8 Å². The number of carbonyl (C=O) groups is 4. The maximum Gasteiger partial charge on any atom is 0.270 e. The predicted molar refractivity (Wildman–Crippen MR) is 136 cm³/mol. The van der Waals surface area contributed by atoms with Crippen LogP contribution in [0.2, 0.25) is 0 Å². The Bertz CT molecular complexity index is 1470. The Labute approximate surface area is 228 Å². The van der Waals surface area contributed by atoms with Crippen LogP contribution in [0.15, 0.2) is 12.3 Å². The van der Waals surface area contributed by atoms with Crippen molar-refractivity contribution < 1.29 is 36.7 Å². The first-order valence-corrected chi connectivity index (χ1v) is 14.8. The number of aromatic nitrogens is 3. The molecule has 6 rings (SSSR count). The van der Waals surface area contributed by atoms with Crippen LogP contribution in [0.25, 0.3) is 5.65 Å². The number of hydrogen-bond donors (Lipinski definition) is 4. The number of fused-ring (bicyclic) bond motifs is 4. The van der Waals surface area contributed by atoms with E-state index in [0.29, 0.717) is 38.5 Å². The van der Waals surface area contributed by atoms with Gasteiger partial charge >= 0.3 is 0 Å². The summed E-state index contributed by atoms with van der Waals surface area (Å²) < 4.78 is 45.8. The van der Waals surface area contributed by atoms with Gasteiger partial charge in [-0.15, -0.1) is 0 Å². The van der Waals surface area contributed by atoms with Gasteiger partial charge in [0.25, 0.3) is 11.8 Å². The highest BCUT2D eigenvalue weighted by molar-refractivity contribution is 7.89. The molecule has 2 aromatic heterocycles. The molecule has 4 aliphatic rings. The number of carbonyl (C=O) groups excluding carboxylic acids is 4. The molecular weight excluding hydrogens is 549 g/mol. The number of morpholine rings is 1. The fourth-order valence-corrected chi connectivity index (χ4v) is 6.29. The quantitative estimate of drug-likeness (QED) is 0.312. The zero-order valence-corrected chi connectivity index (χ0v) is 22.6. The van der Waals surface area contributed by atoms with E-state index in [1.807, 2.05) is 0 Å². The summed E-state index contributed by atoms with van der Waals surface area (Å²) in [6.45, 7) is 0.496. The Hall–Kier alpha value is -3.66. The summed E-state index contributed by atoms with van der Waals surface area (Å²) in [6.07, 6.45) is 5.25. The van der Waals surface area contributed by atoms with E-state index in [9.17, 15) is 32.0 Å². The van der Waals surface area contributed by atoms with Crippen molar-refractivity contribution in [2.45, 2.75) is 44.6 Å². The van der Waals surface area contributed by atoms with Gasteiger partial charge in [0.1, 0.15) is 18.0 Å². The Kier molecular flexibility index (Phi) is 7.24. The second kappa shape index (κ2) is 10.4. The third kappa shape index (κ3) is 5.63. The summed E-state index contributed by atoms with van der Waals surface area (Å²) in [5, 5.41) is 12.1. The standard InChI is InChI=1S/C24H30FN7O7S/c1-40(37,38)31-22(36)24-5-2-23(3-6-24,4-7-24)13-27-21(35)17-8-16(30-19-15(25)10-28-32(17)19)20(34)26-9-14-11-39-12-18(33)29-14/h8,10,14H,2-7,9,11-13H2,1H3,(H,26,34)(H,27,35)(H,29,33)(H,31,36). The molecule has 1 saturated heterocycles. The summed E-state index contributed by atoms with van der Waals surface area (Å²) in [5.41, 5.74) is -1.57. The third-order valence-corrected chi connectivity index (χ3v) is 8.66. The Morgan fingerprint density at radius 3 is 2.50 bits per heavy atom. The van der Waals surface area contributed by atoms with Crippen molar-refractivity contribution in [3.63, 3.8) is 0 Å². The first kappa shape index (κ1) is 27.9. The third-order valence-electron chi connectivity index (χ3n) is 8.11. The number of sulfonamides is 1. The first-order valence-electron chi connectivity index (χ1n) is 12.9. The summed E-state index contributed by atoms with van der Waals surface area (Å²) in [7, 11) is -3.66. The number of nitrogens with zero attached hydrogens (tertiary/aromatic N) is 3. The summed E-state index contributed by atoms with van der Waals surface area (Å²) in [4.78, 5) is 54.3. The van der Waals surface area contributed by atoms with Crippen molar-refractivity contribution in [1.29, 1.82) is 0 Å². The summed E-state index contributed by atoms with van der Waals surface area (Å²) in [6, 6.07) is 0.782. The van der Waals surface area contributed by atoms with Gasteiger partial charge in [-0.05, 0) is 43.9 Å². The Morgan fingerprint density at radius 2 is 1.85 bits per heavy atom. The molecule has 216 valence electrons. The van der Waals surface area contributed by atoms with Crippen LogP contribution in [0.4, 0.5) is 4.39 Å². The number of amides is 4. The molecule has 4 amide bonds. The van der Waals surface area contributed by atoms with Crippen molar-refractivity contribution in [3.05, 3.63) is 29.5 Å². The van der Waals surface area contributed by atoms with E-state index in [1.54, 1.807) is 0 Å². The molecule has 40 heavy (non-hydrogen) atoms. The lowest BCUT2D eigenvalue weighted by Gasteiger charge is -2.52. The van der Waals surface area contributed by atoms with E-state index in [-0.39, 0.29) is 54.7 Å². The van der Waals surface area contributed by atoms with Crippen LogP contribution in [-0.2, 0) is 24.3 Å². The maximum absolute atomic E-state index is 14.4. The van der Waals surface area contributed by atoms with Crippen LogP contribution in [0, 0.1) is 16.6 Å². The monoisotopic (exact) mass is 579 g/mol. The molecule has 1 aliphatic heterocycles. The zero-order chi connectivity index (χ0) is 28.7. The van der Waals surface area contributed by atoms with Crippen LogP contribution in [0.3, 0.4) is 0 Å². The number of nitrogens with one attached hydrogen (secondary N) is 4. The van der Waals surface area contributed by atoms with E-state index < -0.39 is 45.0 Å². The number of halogens is 1. The number of hydrogen-bond acceptors (Lipinski definition) is 9. The second-order valence-electron chi connectivity index (χ2n) is 10.9. The predicted octanol–water partition coefficient (Wildman–Crippen LogP) is -0.741. The normalized spacial score (nSPS) is 26.2. The lowest BCUT2D eigenvalue weighted by atomic mass is 9.53. The van der Waals surface area contributed by atoms with Crippen LogP contribution in [0.1, 0.15) is 59.5 Å². The van der Waals surface area contributed by atoms with E-state index in [1.165, 1.54) is 6.07 Å². The maximum atomic E-state index is 14.4. The number of rotatable bonds is 8. The molecule has 0 radical (unpaired) electrons. The van der Waals surface area contributed by atoms with Gasteiger partial charge in [0.2, 0.25) is 21.8 Å². The Morgan fingerprint density at radius 1 is 1.15 bits per heavy atom. The van der Waals surface area contributed by atoms with Gasteiger partial charge in [-0.1, -0.05) is 0 Å². The van der Waals surface area contributed by atoms with Crippen LogP contribution >= 0.6 is 0 Å². The minimum atomic E-state index is -3.66. The van der Waals surface area contributed by atoms with Gasteiger partial charge in [0, 0.05) is 19.2 Å². The molecular formula is C24H30FN7O7S. The summed E-state index contributed by atoms with van der Waals surface area (Å²) >= 11 is 0. The molecule has 14 nitrogen and oxygen atoms in total. The van der Waals surface area contributed by atoms with Gasteiger partial charge in [0.15, 0.2) is 11.5 Å². The van der Waals surface area contributed by atoms with Gasteiger partial charge in [-0.2, -0.15) is 5.10 Å². The highest BCUT2D eigenvalue weighted by Crippen LogP contribution is 2.56. The molecule has 16 heteroatoms. The van der Waals surface area contributed by atoms with E-state index in [0.717, 1.165) is 17.0 Å². The molecule has 3 saturated carbocycles. The van der Waals surface area contributed by atoms with Crippen LogP contribution in [-0.4, -0.2) is 85.2 Å². The van der Waals surface area contributed by atoms with Gasteiger partial charge in [-0.3, -0.25) is 23.9 Å². The molecule has 4 N–H and O–H groups in total. The van der Waals surface area contributed by atoms with Gasteiger partial charge in [0.05, 0.1) is 30.5 Å². The van der Waals surface area contributed by atoms with Crippen LogP contribution in [0.5, 0.6) is 0 Å². The van der Waals surface area contributed by atoms with Gasteiger partial charge in [-0.25, -0.2) is 22.3 Å². The fourth-order valence-electron chi connectivity index (χ4n) is 5.74. The molecule has 4 fully saturated rings. The first-order chi connectivity index (χ1) is 18.9. The average molecular weight is 580 g/mol. The smallest absolute Gasteiger partial charge is 0.270 e. The summed E-state index contributed by atoms with van der Waals surface area (Å²) in [5.74, 6) is -2.83. The van der Waals surface area contributed by atoms with E-state index in [2.05, 4.69) is 30.8 Å². The zero-order valence-electron chi connectivity index (χ0n) is 21.8. The average Bonchev–Trinajstić information content (AvgIpc) is 3.30. The fraction of sp³-hybridized carbons (Fsp3) is 0.583. The van der Waals surface area contributed by atoms with E-state index in [4.69, 9.17) is 4.74 Å². The number of ether oxygens (including phenoxy) is 1. The molecule has 3 heterocycles.